The molecule has 0 saturated heterocycles. The summed E-state index contributed by atoms with van der Waals surface area (Å²) in [5.41, 5.74) is 2.51. The van der Waals surface area contributed by atoms with Crippen LogP contribution in [0.5, 0.6) is 0 Å². The standard InChI is InChI=1S/C12H13ClN2S/c1-9-6-14-5-4-10(9)7-15-8-11-2-3-12(13)16-11/h2-6,15H,7-8H2,1H3. The van der Waals surface area contributed by atoms with Crippen molar-refractivity contribution >= 4 is 22.9 Å². The zero-order valence-electron chi connectivity index (χ0n) is 9.03. The molecule has 2 aromatic heterocycles. The summed E-state index contributed by atoms with van der Waals surface area (Å²) in [5, 5.41) is 3.40. The summed E-state index contributed by atoms with van der Waals surface area (Å²) >= 11 is 7.48. The zero-order valence-corrected chi connectivity index (χ0v) is 10.6. The van der Waals surface area contributed by atoms with Gasteiger partial charge < -0.3 is 5.32 Å². The Morgan fingerprint density at radius 2 is 2.19 bits per heavy atom. The third kappa shape index (κ3) is 3.04. The molecule has 0 unspecified atom stereocenters. The summed E-state index contributed by atoms with van der Waals surface area (Å²) in [6.45, 7) is 3.80. The summed E-state index contributed by atoms with van der Waals surface area (Å²) in [7, 11) is 0. The number of hydrogen-bond acceptors (Lipinski definition) is 3. The highest BCUT2D eigenvalue weighted by molar-refractivity contribution is 7.16. The van der Waals surface area contributed by atoms with E-state index < -0.39 is 0 Å². The Hall–Kier alpha value is -0.900. The maximum atomic E-state index is 5.86. The van der Waals surface area contributed by atoms with E-state index in [9.17, 15) is 0 Å². The Morgan fingerprint density at radius 3 is 2.88 bits per heavy atom. The van der Waals surface area contributed by atoms with Crippen LogP contribution in [-0.2, 0) is 13.1 Å². The minimum Gasteiger partial charge on any atom is -0.308 e. The van der Waals surface area contributed by atoms with Gasteiger partial charge in [-0.2, -0.15) is 0 Å². The van der Waals surface area contributed by atoms with Crippen LogP contribution in [0.25, 0.3) is 0 Å². The average molecular weight is 253 g/mol. The van der Waals surface area contributed by atoms with E-state index >= 15 is 0 Å². The van der Waals surface area contributed by atoms with E-state index in [1.54, 1.807) is 11.3 Å². The number of aromatic nitrogens is 1. The number of nitrogens with one attached hydrogen (secondary N) is 1. The van der Waals surface area contributed by atoms with Crippen molar-refractivity contribution < 1.29 is 0 Å². The van der Waals surface area contributed by atoms with Crippen LogP contribution in [0, 0.1) is 6.92 Å². The van der Waals surface area contributed by atoms with Crippen LogP contribution >= 0.6 is 22.9 Å². The Balaban J connectivity index is 1.87. The van der Waals surface area contributed by atoms with Gasteiger partial charge in [0.2, 0.25) is 0 Å². The summed E-state index contributed by atoms with van der Waals surface area (Å²) in [4.78, 5) is 5.33. The fourth-order valence-corrected chi connectivity index (χ4v) is 2.52. The monoisotopic (exact) mass is 252 g/mol. The first-order valence-electron chi connectivity index (χ1n) is 5.10. The molecule has 4 heteroatoms. The van der Waals surface area contributed by atoms with Crippen molar-refractivity contribution in [1.82, 2.24) is 10.3 Å². The molecule has 0 radical (unpaired) electrons. The third-order valence-corrected chi connectivity index (χ3v) is 3.61. The number of halogens is 1. The van der Waals surface area contributed by atoms with Crippen LogP contribution in [-0.4, -0.2) is 4.98 Å². The van der Waals surface area contributed by atoms with E-state index in [2.05, 4.69) is 23.3 Å². The lowest BCUT2D eigenvalue weighted by molar-refractivity contribution is 0.697. The van der Waals surface area contributed by atoms with Gasteiger partial charge in [-0.1, -0.05) is 11.6 Å². The van der Waals surface area contributed by atoms with E-state index in [1.807, 2.05) is 24.5 Å². The molecule has 0 aliphatic rings. The van der Waals surface area contributed by atoms with Crippen molar-refractivity contribution in [2.75, 3.05) is 0 Å². The average Bonchev–Trinajstić information content (AvgIpc) is 2.67. The summed E-state index contributed by atoms with van der Waals surface area (Å²) in [6.07, 6.45) is 3.71. The highest BCUT2D eigenvalue weighted by Gasteiger charge is 1.99. The number of thiophene rings is 1. The molecule has 0 aromatic carbocycles. The molecule has 0 aliphatic carbocycles. The first-order chi connectivity index (χ1) is 7.75. The number of hydrogen-bond donors (Lipinski definition) is 1. The van der Waals surface area contributed by atoms with Crippen molar-refractivity contribution in [2.24, 2.45) is 0 Å². The molecule has 0 bridgehead atoms. The fourth-order valence-electron chi connectivity index (χ4n) is 1.47. The maximum Gasteiger partial charge on any atom is 0.0931 e. The Morgan fingerprint density at radius 1 is 1.31 bits per heavy atom. The lowest BCUT2D eigenvalue weighted by atomic mass is 10.1. The van der Waals surface area contributed by atoms with E-state index in [-0.39, 0.29) is 0 Å². The van der Waals surface area contributed by atoms with Gasteiger partial charge in [0.25, 0.3) is 0 Å². The Bertz CT molecular complexity index is 468. The smallest absolute Gasteiger partial charge is 0.0931 e. The second-order valence-electron chi connectivity index (χ2n) is 3.61. The van der Waals surface area contributed by atoms with Gasteiger partial charge in [-0.05, 0) is 36.2 Å². The van der Waals surface area contributed by atoms with E-state index in [1.165, 1.54) is 16.0 Å². The Kier molecular flexibility index (Phi) is 3.93. The van der Waals surface area contributed by atoms with Crippen molar-refractivity contribution in [1.29, 1.82) is 0 Å². The quantitative estimate of drug-likeness (QED) is 0.902. The molecule has 84 valence electrons. The van der Waals surface area contributed by atoms with Gasteiger partial charge in [0.05, 0.1) is 4.34 Å². The second kappa shape index (κ2) is 5.43. The van der Waals surface area contributed by atoms with Gasteiger partial charge >= 0.3 is 0 Å². The van der Waals surface area contributed by atoms with Gasteiger partial charge in [0.1, 0.15) is 0 Å². The molecule has 0 saturated carbocycles. The van der Waals surface area contributed by atoms with Crippen molar-refractivity contribution in [2.45, 2.75) is 20.0 Å². The van der Waals surface area contributed by atoms with Crippen LogP contribution in [0.3, 0.4) is 0 Å². The molecule has 2 rings (SSSR count). The summed E-state index contributed by atoms with van der Waals surface area (Å²) in [6, 6.07) is 6.03. The first kappa shape index (κ1) is 11.6. The molecule has 0 atom stereocenters. The molecule has 0 spiro atoms. The summed E-state index contributed by atoms with van der Waals surface area (Å²) in [5.74, 6) is 0. The van der Waals surface area contributed by atoms with E-state index in [0.717, 1.165) is 17.4 Å². The van der Waals surface area contributed by atoms with Crippen LogP contribution in [0.2, 0.25) is 4.34 Å². The molecular weight excluding hydrogens is 240 g/mol. The lowest BCUT2D eigenvalue weighted by Gasteiger charge is -2.05. The van der Waals surface area contributed by atoms with Gasteiger partial charge in [-0.3, -0.25) is 4.98 Å². The van der Waals surface area contributed by atoms with E-state index in [4.69, 9.17) is 11.6 Å². The summed E-state index contributed by atoms with van der Waals surface area (Å²) < 4.78 is 0.844. The van der Waals surface area contributed by atoms with Gasteiger partial charge in [-0.25, -0.2) is 0 Å². The largest absolute Gasteiger partial charge is 0.308 e. The van der Waals surface area contributed by atoms with Crippen LogP contribution in [0.4, 0.5) is 0 Å². The number of rotatable bonds is 4. The van der Waals surface area contributed by atoms with Crippen LogP contribution in [0.1, 0.15) is 16.0 Å². The molecule has 2 aromatic rings. The highest BCUT2D eigenvalue weighted by atomic mass is 35.5. The molecule has 1 N–H and O–H groups in total. The van der Waals surface area contributed by atoms with Gasteiger partial charge in [0, 0.05) is 30.4 Å². The second-order valence-corrected chi connectivity index (χ2v) is 5.41. The predicted octanol–water partition coefficient (Wildman–Crippen LogP) is 3.39. The van der Waals surface area contributed by atoms with Crippen molar-refractivity contribution in [3.8, 4) is 0 Å². The molecule has 16 heavy (non-hydrogen) atoms. The fraction of sp³-hybridized carbons (Fsp3) is 0.250. The topological polar surface area (TPSA) is 24.9 Å². The normalized spacial score (nSPS) is 10.6. The molecule has 0 aliphatic heterocycles. The zero-order chi connectivity index (χ0) is 11.4. The third-order valence-electron chi connectivity index (χ3n) is 2.38. The van der Waals surface area contributed by atoms with Crippen LogP contribution < -0.4 is 5.32 Å². The van der Waals surface area contributed by atoms with Crippen molar-refractivity contribution in [3.63, 3.8) is 0 Å². The molecule has 0 fully saturated rings. The number of aryl methyl sites for hydroxylation is 1. The maximum absolute atomic E-state index is 5.86. The SMILES string of the molecule is Cc1cnccc1CNCc1ccc(Cl)s1. The highest BCUT2D eigenvalue weighted by Crippen LogP contribution is 2.21. The predicted molar refractivity (Wildman–Crippen MR) is 68.8 cm³/mol. The van der Waals surface area contributed by atoms with Gasteiger partial charge in [0.15, 0.2) is 0 Å². The molecule has 2 heterocycles. The number of nitrogens with zero attached hydrogens (tertiary/aromatic N) is 1. The first-order valence-corrected chi connectivity index (χ1v) is 6.29. The number of pyridine rings is 1. The molecular formula is C12H13ClN2S. The van der Waals surface area contributed by atoms with Crippen LogP contribution in [0.15, 0.2) is 30.6 Å². The van der Waals surface area contributed by atoms with Gasteiger partial charge in [-0.15, -0.1) is 11.3 Å². The molecule has 0 amide bonds. The minimum absolute atomic E-state index is 0.844. The Labute approximate surface area is 104 Å². The van der Waals surface area contributed by atoms with E-state index in [0.29, 0.717) is 0 Å². The lowest BCUT2D eigenvalue weighted by Crippen LogP contribution is -2.12. The molecule has 2 nitrogen and oxygen atoms in total. The minimum atomic E-state index is 0.844. The van der Waals surface area contributed by atoms with Crippen molar-refractivity contribution in [3.05, 3.63) is 50.9 Å².